The summed E-state index contributed by atoms with van der Waals surface area (Å²) in [5.74, 6) is -3.72. The van der Waals surface area contributed by atoms with Crippen molar-refractivity contribution in [3.8, 4) is 0 Å². The molecule has 3 aliphatic heterocycles. The maximum absolute atomic E-state index is 14.5. The van der Waals surface area contributed by atoms with Gasteiger partial charge in [-0.25, -0.2) is 9.59 Å². The molecule has 3 heterocycles. The van der Waals surface area contributed by atoms with Crippen LogP contribution in [0.2, 0.25) is 18.1 Å². The number of aliphatic hydroxyl groups is 2. The molecule has 0 saturated carbocycles. The number of esters is 5. The van der Waals surface area contributed by atoms with Gasteiger partial charge >= 0.3 is 29.8 Å². The lowest BCUT2D eigenvalue weighted by atomic mass is 9.95. The van der Waals surface area contributed by atoms with Crippen LogP contribution in [-0.4, -0.2) is 154 Å². The van der Waals surface area contributed by atoms with Crippen LogP contribution in [0.5, 0.6) is 0 Å². The lowest BCUT2D eigenvalue weighted by Crippen LogP contribution is -2.68. The third kappa shape index (κ3) is 16.2. The van der Waals surface area contributed by atoms with Crippen LogP contribution in [0.15, 0.2) is 121 Å². The zero-order valence-corrected chi connectivity index (χ0v) is 48.4. The van der Waals surface area contributed by atoms with Gasteiger partial charge in [0.1, 0.15) is 49.3 Å². The van der Waals surface area contributed by atoms with E-state index in [0.29, 0.717) is 5.56 Å². The van der Waals surface area contributed by atoms with Crippen LogP contribution in [-0.2, 0) is 88.9 Å². The van der Waals surface area contributed by atoms with Gasteiger partial charge in [0.15, 0.2) is 51.6 Å². The van der Waals surface area contributed by atoms with Crippen LogP contribution in [0, 0.1) is 5.92 Å². The molecule has 3 saturated heterocycles. The van der Waals surface area contributed by atoms with Crippen molar-refractivity contribution in [2.75, 3.05) is 13.2 Å². The van der Waals surface area contributed by atoms with E-state index in [1.165, 1.54) is 26.0 Å². The normalized spacial score (nSPS) is 28.8. The highest BCUT2D eigenvalue weighted by Gasteiger charge is 2.58. The lowest BCUT2D eigenvalue weighted by molar-refractivity contribution is -0.381. The van der Waals surface area contributed by atoms with E-state index in [0.717, 1.165) is 12.5 Å². The third-order valence-corrected chi connectivity index (χ3v) is 19.8. The first-order chi connectivity index (χ1) is 38.5. The number of rotatable bonds is 23. The molecule has 7 rings (SSSR count). The standard InChI is InChI=1S/C60H76O20Si/c1-35(2)60(7,8)81(9,10)71-34-45-49(52(77-55(66)42-27-19-13-20-28-42)54(78-56(67)43-29-21-14-22-30-43)58(76-45)70-32-41-25-17-12-18-26-41)79-57-47(65)50(46(64)44(75-57)33-68-37(4)61)80-59-53(69-31-40-23-15-11-16-24-40)51(74-39(6)63)48(36(3)72-59)73-38(5)62/h11-30,35-36,44-54,57-59,64-65H,31-34H2,1-10H3/t36-,44+,45+,46-,47+,48+,49+,50-,51+,52-,53-,54+,57-,58+,59-/m0/s1. The van der Waals surface area contributed by atoms with E-state index in [1.807, 2.05) is 36.4 Å². The summed E-state index contributed by atoms with van der Waals surface area (Å²) in [7, 11) is -2.75. The minimum Gasteiger partial charge on any atom is -0.463 e. The minimum absolute atomic E-state index is 0.0546. The second-order valence-corrected chi connectivity index (χ2v) is 26.3. The molecule has 3 aliphatic rings. The fourth-order valence-corrected chi connectivity index (χ4v) is 11.9. The predicted molar refractivity (Wildman–Crippen MR) is 291 cm³/mol. The Morgan fingerprint density at radius 3 is 1.51 bits per heavy atom. The molecule has 4 aromatic carbocycles. The Hall–Kier alpha value is -5.95. The van der Waals surface area contributed by atoms with Gasteiger partial charge in [-0.3, -0.25) is 14.4 Å². The summed E-state index contributed by atoms with van der Waals surface area (Å²) < 4.78 is 82.6. The van der Waals surface area contributed by atoms with Crippen molar-refractivity contribution >= 4 is 38.2 Å². The summed E-state index contributed by atoms with van der Waals surface area (Å²) in [4.78, 5) is 66.5. The number of ether oxygens (including phenoxy) is 12. The molecule has 0 aromatic heterocycles. The maximum Gasteiger partial charge on any atom is 0.338 e. The van der Waals surface area contributed by atoms with Crippen molar-refractivity contribution in [1.82, 2.24) is 0 Å². The smallest absolute Gasteiger partial charge is 0.338 e. The Morgan fingerprint density at radius 2 is 0.988 bits per heavy atom. The lowest BCUT2D eigenvalue weighted by Gasteiger charge is -2.50. The maximum atomic E-state index is 14.5. The summed E-state index contributed by atoms with van der Waals surface area (Å²) in [5, 5.41) is 24.6. The number of aliphatic hydroxyl groups excluding tert-OH is 2. The average molecular weight is 1150 g/mol. The number of hydrogen-bond acceptors (Lipinski definition) is 20. The Labute approximate surface area is 473 Å². The fourth-order valence-electron chi connectivity index (χ4n) is 9.55. The monoisotopic (exact) mass is 1140 g/mol. The molecule has 0 bridgehead atoms. The molecule has 2 N–H and O–H groups in total. The molecule has 0 amide bonds. The van der Waals surface area contributed by atoms with E-state index in [2.05, 4.69) is 40.8 Å². The van der Waals surface area contributed by atoms with E-state index in [-0.39, 0.29) is 41.9 Å². The Balaban J connectivity index is 1.33. The van der Waals surface area contributed by atoms with Gasteiger partial charge in [-0.1, -0.05) is 125 Å². The van der Waals surface area contributed by atoms with Crippen molar-refractivity contribution < 1.29 is 95.5 Å². The molecule has 440 valence electrons. The van der Waals surface area contributed by atoms with E-state index >= 15 is 0 Å². The number of benzene rings is 4. The molecular weight excluding hydrogens is 1070 g/mol. The first-order valence-electron chi connectivity index (χ1n) is 27.1. The highest BCUT2D eigenvalue weighted by molar-refractivity contribution is 6.74. The molecular formula is C60H76O20Si. The second-order valence-electron chi connectivity index (χ2n) is 21.7. The van der Waals surface area contributed by atoms with E-state index in [1.54, 1.807) is 79.7 Å². The molecule has 0 spiro atoms. The molecule has 15 atom stereocenters. The van der Waals surface area contributed by atoms with Crippen molar-refractivity contribution in [3.63, 3.8) is 0 Å². The van der Waals surface area contributed by atoms with Gasteiger partial charge in [0, 0.05) is 20.8 Å². The zero-order valence-electron chi connectivity index (χ0n) is 47.4. The summed E-state index contributed by atoms with van der Waals surface area (Å²) in [6, 6.07) is 34.4. The number of hydrogen-bond donors (Lipinski definition) is 2. The van der Waals surface area contributed by atoms with Gasteiger partial charge < -0.3 is 71.5 Å². The predicted octanol–water partition coefficient (Wildman–Crippen LogP) is 7.01. The molecule has 21 heteroatoms. The number of carbonyl (C=O) groups is 5. The quantitative estimate of drug-likeness (QED) is 0.0431. The molecule has 0 aliphatic carbocycles. The average Bonchev–Trinajstić information content (AvgIpc) is 3.52. The van der Waals surface area contributed by atoms with Crippen LogP contribution in [0.1, 0.15) is 87.2 Å². The van der Waals surface area contributed by atoms with Crippen LogP contribution < -0.4 is 0 Å². The molecule has 0 radical (unpaired) electrons. The van der Waals surface area contributed by atoms with Crippen molar-refractivity contribution in [1.29, 1.82) is 0 Å². The van der Waals surface area contributed by atoms with Crippen molar-refractivity contribution in [2.24, 2.45) is 5.92 Å². The van der Waals surface area contributed by atoms with Gasteiger partial charge in [0.05, 0.1) is 37.1 Å². The molecule has 81 heavy (non-hydrogen) atoms. The third-order valence-electron chi connectivity index (χ3n) is 15.2. The zero-order chi connectivity index (χ0) is 58.6. The topological polar surface area (TPSA) is 246 Å². The summed E-state index contributed by atoms with van der Waals surface area (Å²) in [6.45, 7) is 16.7. The Bertz CT molecular complexity index is 2660. The summed E-state index contributed by atoms with van der Waals surface area (Å²) in [6.07, 6.45) is -23.2. The minimum atomic E-state index is -2.75. The van der Waals surface area contributed by atoms with Crippen molar-refractivity contribution in [3.05, 3.63) is 144 Å². The van der Waals surface area contributed by atoms with Gasteiger partial charge in [-0.2, -0.15) is 0 Å². The van der Waals surface area contributed by atoms with E-state index in [9.17, 15) is 34.2 Å². The van der Waals surface area contributed by atoms with Gasteiger partial charge in [-0.15, -0.1) is 0 Å². The van der Waals surface area contributed by atoms with Crippen molar-refractivity contribution in [2.45, 2.75) is 179 Å². The SMILES string of the molecule is CC(=O)OC[C@H]1O[C@@H](O[C@H]2[C@H](OC(=O)c3ccccc3)[C@@H](OC(=O)c3ccccc3)[C@H](OCc3ccccc3)O[C@@H]2CO[Si](C)(C)C(C)(C)C(C)C)[C@H](O)[C@@H](O[C@@H]2O[C@@H](C)[C@@H](OC(C)=O)[C@@H](OC(C)=O)[C@@H]2OCc2ccccc2)[C@H]1O. The molecule has 0 unspecified atom stereocenters. The van der Waals surface area contributed by atoms with Gasteiger partial charge in [0.2, 0.25) is 0 Å². The number of carbonyl (C=O) groups excluding carboxylic acids is 5. The first-order valence-corrected chi connectivity index (χ1v) is 30.0. The van der Waals surface area contributed by atoms with Crippen LogP contribution in [0.3, 0.4) is 0 Å². The van der Waals surface area contributed by atoms with Crippen LogP contribution >= 0.6 is 0 Å². The van der Waals surface area contributed by atoms with E-state index in [4.69, 9.17) is 61.3 Å². The van der Waals surface area contributed by atoms with Crippen LogP contribution in [0.25, 0.3) is 0 Å². The molecule has 3 fully saturated rings. The Kier molecular flexibility index (Phi) is 21.9. The highest BCUT2D eigenvalue weighted by atomic mass is 28.4. The highest BCUT2D eigenvalue weighted by Crippen LogP contribution is 2.45. The first kappa shape index (κ1) is 62.6. The largest absolute Gasteiger partial charge is 0.463 e. The molecule has 4 aromatic rings. The molecule has 20 nitrogen and oxygen atoms in total. The van der Waals surface area contributed by atoms with E-state index < -0.39 is 137 Å². The van der Waals surface area contributed by atoms with Gasteiger partial charge in [-0.05, 0) is 66.4 Å². The fraction of sp³-hybridized carbons (Fsp3) is 0.517. The van der Waals surface area contributed by atoms with Crippen LogP contribution in [0.4, 0.5) is 0 Å². The van der Waals surface area contributed by atoms with Gasteiger partial charge in [0.25, 0.3) is 0 Å². The second kappa shape index (κ2) is 28.4. The summed E-state index contributed by atoms with van der Waals surface area (Å²) in [5.41, 5.74) is 1.69. The summed E-state index contributed by atoms with van der Waals surface area (Å²) >= 11 is 0. The Morgan fingerprint density at radius 1 is 0.519 bits per heavy atom.